The fourth-order valence-electron chi connectivity index (χ4n) is 2.76. The Bertz CT molecular complexity index is 694. The average molecular weight is 313 g/mol. The zero-order valence-corrected chi connectivity index (χ0v) is 13.3. The Kier molecular flexibility index (Phi) is 4.48. The number of alkyl halides is 1. The van der Waals surface area contributed by atoms with Crippen molar-refractivity contribution in [3.05, 3.63) is 58.7 Å². The molecule has 3 rings (SSSR count). The van der Waals surface area contributed by atoms with Gasteiger partial charge in [-0.1, -0.05) is 24.3 Å². The Morgan fingerprint density at radius 3 is 2.48 bits per heavy atom. The number of rotatable bonds is 5. The molecule has 0 bridgehead atoms. The number of ketones is 1. The maximum absolute atomic E-state index is 13.3. The number of nitrogens with one attached hydrogen (secondary N) is 1. The maximum atomic E-state index is 13.3. The molecule has 1 aliphatic rings. The van der Waals surface area contributed by atoms with Gasteiger partial charge in [0.05, 0.1) is 0 Å². The van der Waals surface area contributed by atoms with Gasteiger partial charge in [0.2, 0.25) is 0 Å². The lowest BCUT2D eigenvalue weighted by atomic mass is 9.95. The first kappa shape index (κ1) is 15.7. The monoisotopic (exact) mass is 313 g/mol. The number of nitrogens with zero attached hydrogens (tertiary/aromatic N) is 2. The van der Waals surface area contributed by atoms with E-state index in [1.165, 1.54) is 0 Å². The summed E-state index contributed by atoms with van der Waals surface area (Å²) in [6.45, 7) is 4.09. The van der Waals surface area contributed by atoms with Gasteiger partial charge in [0.1, 0.15) is 17.7 Å². The Morgan fingerprint density at radius 2 is 1.91 bits per heavy atom. The summed E-state index contributed by atoms with van der Waals surface area (Å²) >= 11 is 0. The standard InChI is InChI=1S/C18H20FN3O/c1-11-7-17(22-12(2)21-11)18(23)9-14-5-3-13(4-6-14)8-16-15(19)10-20-16/h3-7,15-16,20H,8-10H2,1-2H3/t15-,16-/m0/s1. The lowest BCUT2D eigenvalue weighted by molar-refractivity contribution is 0.0987. The van der Waals surface area contributed by atoms with Crippen LogP contribution in [0.1, 0.15) is 33.1 Å². The Labute approximate surface area is 135 Å². The number of Topliss-reactive ketones (excluding diaryl/α,β-unsaturated/α-hetero) is 1. The predicted octanol–water partition coefficient (Wildman–Crippen LogP) is 2.37. The van der Waals surface area contributed by atoms with E-state index in [0.29, 0.717) is 30.9 Å². The van der Waals surface area contributed by atoms with E-state index < -0.39 is 6.17 Å². The molecule has 0 unspecified atom stereocenters. The summed E-state index contributed by atoms with van der Waals surface area (Å²) in [7, 11) is 0. The average Bonchev–Trinajstić information content (AvgIpc) is 2.51. The van der Waals surface area contributed by atoms with Crippen LogP contribution in [0.3, 0.4) is 0 Å². The maximum Gasteiger partial charge on any atom is 0.185 e. The number of benzene rings is 1. The molecule has 1 N–H and O–H groups in total. The molecule has 1 aromatic heterocycles. The molecular weight excluding hydrogens is 293 g/mol. The van der Waals surface area contributed by atoms with Gasteiger partial charge in [0.15, 0.2) is 5.78 Å². The van der Waals surface area contributed by atoms with Gasteiger partial charge in [-0.15, -0.1) is 0 Å². The summed E-state index contributed by atoms with van der Waals surface area (Å²) in [4.78, 5) is 20.7. The van der Waals surface area contributed by atoms with E-state index in [0.717, 1.165) is 16.8 Å². The van der Waals surface area contributed by atoms with Crippen LogP contribution in [0.4, 0.5) is 4.39 Å². The molecule has 4 nitrogen and oxygen atoms in total. The third kappa shape index (κ3) is 3.79. The van der Waals surface area contributed by atoms with Crippen LogP contribution in [-0.4, -0.2) is 34.5 Å². The van der Waals surface area contributed by atoms with Gasteiger partial charge in [-0.25, -0.2) is 14.4 Å². The summed E-state index contributed by atoms with van der Waals surface area (Å²) in [6.07, 6.45) is 0.240. The highest BCUT2D eigenvalue weighted by Crippen LogP contribution is 2.16. The minimum absolute atomic E-state index is 0.0177. The molecule has 1 fully saturated rings. The van der Waals surface area contributed by atoms with Gasteiger partial charge in [0, 0.05) is 24.7 Å². The zero-order valence-electron chi connectivity index (χ0n) is 13.3. The first-order valence-corrected chi connectivity index (χ1v) is 7.82. The Morgan fingerprint density at radius 1 is 1.22 bits per heavy atom. The molecular formula is C18H20FN3O. The third-order valence-electron chi connectivity index (χ3n) is 4.11. The van der Waals surface area contributed by atoms with Crippen molar-refractivity contribution in [3.63, 3.8) is 0 Å². The Hall–Kier alpha value is -2.14. The van der Waals surface area contributed by atoms with Crippen LogP contribution in [-0.2, 0) is 12.8 Å². The fraction of sp³-hybridized carbons (Fsp3) is 0.389. The van der Waals surface area contributed by atoms with Crippen molar-refractivity contribution in [2.24, 2.45) is 0 Å². The van der Waals surface area contributed by atoms with Crippen LogP contribution in [0.5, 0.6) is 0 Å². The lowest BCUT2D eigenvalue weighted by Gasteiger charge is -2.32. The molecule has 1 aliphatic heterocycles. The van der Waals surface area contributed by atoms with Gasteiger partial charge >= 0.3 is 0 Å². The zero-order chi connectivity index (χ0) is 16.4. The molecule has 23 heavy (non-hydrogen) atoms. The van der Waals surface area contributed by atoms with Gasteiger partial charge in [-0.3, -0.25) is 4.79 Å². The fourth-order valence-corrected chi connectivity index (χ4v) is 2.76. The molecule has 0 spiro atoms. The predicted molar refractivity (Wildman–Crippen MR) is 86.4 cm³/mol. The number of carbonyl (C=O) groups is 1. The van der Waals surface area contributed by atoms with Crippen LogP contribution in [0.25, 0.3) is 0 Å². The first-order chi connectivity index (χ1) is 11.0. The number of hydrogen-bond acceptors (Lipinski definition) is 4. The largest absolute Gasteiger partial charge is 0.308 e. The highest BCUT2D eigenvalue weighted by atomic mass is 19.1. The lowest BCUT2D eigenvalue weighted by Crippen LogP contribution is -2.55. The van der Waals surface area contributed by atoms with Crippen LogP contribution in [0.15, 0.2) is 30.3 Å². The molecule has 1 saturated heterocycles. The van der Waals surface area contributed by atoms with Crippen LogP contribution in [0.2, 0.25) is 0 Å². The summed E-state index contributed by atoms with van der Waals surface area (Å²) in [5, 5.41) is 3.08. The number of hydrogen-bond donors (Lipinski definition) is 1. The topological polar surface area (TPSA) is 54.9 Å². The van der Waals surface area contributed by atoms with E-state index >= 15 is 0 Å². The Balaban J connectivity index is 1.64. The second kappa shape index (κ2) is 6.54. The third-order valence-corrected chi connectivity index (χ3v) is 4.11. The highest BCUT2D eigenvalue weighted by molar-refractivity contribution is 5.95. The molecule has 120 valence electrons. The van der Waals surface area contributed by atoms with Gasteiger partial charge < -0.3 is 5.32 Å². The van der Waals surface area contributed by atoms with E-state index in [9.17, 15) is 9.18 Å². The number of aryl methyl sites for hydroxylation is 2. The normalized spacial score (nSPS) is 20.1. The van der Waals surface area contributed by atoms with E-state index in [4.69, 9.17) is 0 Å². The molecule has 0 aliphatic carbocycles. The van der Waals surface area contributed by atoms with Gasteiger partial charge in [0.25, 0.3) is 0 Å². The molecule has 1 aromatic carbocycles. The van der Waals surface area contributed by atoms with Crippen LogP contribution < -0.4 is 5.32 Å². The molecule has 0 radical (unpaired) electrons. The highest BCUT2D eigenvalue weighted by Gasteiger charge is 2.29. The minimum Gasteiger partial charge on any atom is -0.308 e. The smallest absolute Gasteiger partial charge is 0.185 e. The van der Waals surface area contributed by atoms with Crippen molar-refractivity contribution >= 4 is 5.78 Å². The second-order valence-corrected chi connectivity index (χ2v) is 6.09. The van der Waals surface area contributed by atoms with Crippen molar-refractivity contribution in [2.75, 3.05) is 6.54 Å². The van der Waals surface area contributed by atoms with Crippen molar-refractivity contribution < 1.29 is 9.18 Å². The van der Waals surface area contributed by atoms with Crippen molar-refractivity contribution in [3.8, 4) is 0 Å². The quantitative estimate of drug-likeness (QED) is 0.861. The first-order valence-electron chi connectivity index (χ1n) is 7.82. The minimum atomic E-state index is -0.750. The molecule has 2 aromatic rings. The van der Waals surface area contributed by atoms with E-state index in [1.807, 2.05) is 31.2 Å². The molecule has 0 amide bonds. The van der Waals surface area contributed by atoms with Crippen LogP contribution in [0, 0.1) is 13.8 Å². The molecule has 2 atom stereocenters. The molecule has 5 heteroatoms. The summed E-state index contributed by atoms with van der Waals surface area (Å²) in [5.41, 5.74) is 3.27. The van der Waals surface area contributed by atoms with E-state index in [-0.39, 0.29) is 11.8 Å². The van der Waals surface area contributed by atoms with Crippen molar-refractivity contribution in [1.82, 2.24) is 15.3 Å². The summed E-state index contributed by atoms with van der Waals surface area (Å²) in [5.74, 6) is 0.591. The van der Waals surface area contributed by atoms with E-state index in [2.05, 4.69) is 15.3 Å². The summed E-state index contributed by atoms with van der Waals surface area (Å²) in [6, 6.07) is 9.43. The molecule has 0 saturated carbocycles. The van der Waals surface area contributed by atoms with E-state index in [1.54, 1.807) is 13.0 Å². The summed E-state index contributed by atoms with van der Waals surface area (Å²) < 4.78 is 13.3. The van der Waals surface area contributed by atoms with Gasteiger partial charge in [-0.05, 0) is 37.5 Å². The number of halogens is 1. The SMILES string of the molecule is Cc1cc(C(=O)Cc2ccc(C[C@@H]3NC[C@@H]3F)cc2)nc(C)n1. The second-order valence-electron chi connectivity index (χ2n) is 6.09. The van der Waals surface area contributed by atoms with Gasteiger partial charge in [-0.2, -0.15) is 0 Å². The number of aromatic nitrogens is 2. The molecule has 2 heterocycles. The van der Waals surface area contributed by atoms with Crippen molar-refractivity contribution in [2.45, 2.75) is 38.9 Å². The van der Waals surface area contributed by atoms with Crippen molar-refractivity contribution in [1.29, 1.82) is 0 Å². The number of carbonyl (C=O) groups excluding carboxylic acids is 1. The van der Waals surface area contributed by atoms with Crippen LogP contribution >= 0.6 is 0 Å².